The molecule has 0 aromatic heterocycles. The summed E-state index contributed by atoms with van der Waals surface area (Å²) in [4.78, 5) is 13.9. The van der Waals surface area contributed by atoms with E-state index in [1.807, 2.05) is 18.0 Å². The van der Waals surface area contributed by atoms with Crippen LogP contribution in [0.1, 0.15) is 30.0 Å². The molecular weight excluding hydrogens is 323 g/mol. The molecule has 0 heterocycles. The van der Waals surface area contributed by atoms with Crippen molar-refractivity contribution in [1.82, 2.24) is 10.2 Å². The number of aliphatic hydroxyl groups is 1. The highest BCUT2D eigenvalue weighted by Gasteiger charge is 2.36. The molecule has 4 nitrogen and oxygen atoms in total. The van der Waals surface area contributed by atoms with Crippen molar-refractivity contribution < 1.29 is 9.90 Å². The summed E-state index contributed by atoms with van der Waals surface area (Å²) in [6.45, 7) is 1.01. The number of amides is 1. The van der Waals surface area contributed by atoms with Gasteiger partial charge < -0.3 is 10.4 Å². The molecule has 3 rings (SSSR count). The Morgan fingerprint density at radius 3 is 2.82 bits per heavy atom. The first kappa shape index (κ1) is 16.1. The smallest absolute Gasteiger partial charge is 0.234 e. The molecule has 2 N–H and O–H groups in total. The lowest BCUT2D eigenvalue weighted by Crippen LogP contribution is -2.40. The topological polar surface area (TPSA) is 52.6 Å². The normalized spacial score (nSPS) is 23.7. The lowest BCUT2D eigenvalue weighted by Gasteiger charge is -2.27. The summed E-state index contributed by atoms with van der Waals surface area (Å²) in [5.74, 6) is 0.646. The molecule has 0 spiro atoms. The van der Waals surface area contributed by atoms with Gasteiger partial charge in [-0.25, -0.2) is 0 Å². The van der Waals surface area contributed by atoms with Gasteiger partial charge in [0, 0.05) is 23.0 Å². The fourth-order valence-corrected chi connectivity index (χ4v) is 3.71. The fraction of sp³-hybridized carbons (Fsp3) is 0.562. The number of hydrogen-bond acceptors (Lipinski definition) is 3. The van der Waals surface area contributed by atoms with Gasteiger partial charge in [-0.15, -0.1) is 0 Å². The van der Waals surface area contributed by atoms with Crippen LogP contribution >= 0.6 is 23.2 Å². The number of carbonyl (C=O) groups excluding carboxylic acids is 1. The maximum absolute atomic E-state index is 12.0. The predicted molar refractivity (Wildman–Crippen MR) is 87.3 cm³/mol. The SMILES string of the molecule is CN(CC(=O)NCC1CC1)[C@H]1c2cc(Cl)cc(Cl)c2C[C@H]1O. The molecule has 6 heteroatoms. The van der Waals surface area contributed by atoms with Crippen LogP contribution in [0.25, 0.3) is 0 Å². The van der Waals surface area contributed by atoms with Crippen molar-refractivity contribution in [3.8, 4) is 0 Å². The fourth-order valence-electron chi connectivity index (χ4n) is 3.12. The summed E-state index contributed by atoms with van der Waals surface area (Å²) in [5, 5.41) is 14.4. The number of hydrogen-bond donors (Lipinski definition) is 2. The number of fused-ring (bicyclic) bond motifs is 1. The van der Waals surface area contributed by atoms with E-state index in [1.54, 1.807) is 6.07 Å². The van der Waals surface area contributed by atoms with Crippen LogP contribution in [0.3, 0.4) is 0 Å². The Kier molecular flexibility index (Phi) is 4.64. The van der Waals surface area contributed by atoms with E-state index >= 15 is 0 Å². The van der Waals surface area contributed by atoms with Crippen LogP contribution in [0.5, 0.6) is 0 Å². The van der Waals surface area contributed by atoms with Gasteiger partial charge in [0.1, 0.15) is 0 Å². The zero-order chi connectivity index (χ0) is 15.9. The maximum atomic E-state index is 12.0. The summed E-state index contributed by atoms with van der Waals surface area (Å²) < 4.78 is 0. The van der Waals surface area contributed by atoms with Crippen LogP contribution in [-0.2, 0) is 11.2 Å². The van der Waals surface area contributed by atoms with E-state index < -0.39 is 6.10 Å². The number of likely N-dealkylation sites (N-methyl/N-ethyl adjacent to an activating group) is 1. The van der Waals surface area contributed by atoms with Crippen molar-refractivity contribution in [2.24, 2.45) is 5.92 Å². The van der Waals surface area contributed by atoms with Crippen molar-refractivity contribution in [1.29, 1.82) is 0 Å². The molecule has 0 bridgehead atoms. The first-order valence-electron chi connectivity index (χ1n) is 7.58. The lowest BCUT2D eigenvalue weighted by atomic mass is 10.1. The molecule has 2 atom stereocenters. The van der Waals surface area contributed by atoms with Gasteiger partial charge in [0.25, 0.3) is 0 Å². The van der Waals surface area contributed by atoms with E-state index in [0.717, 1.165) is 17.7 Å². The van der Waals surface area contributed by atoms with Gasteiger partial charge in [0.15, 0.2) is 0 Å². The molecule has 1 amide bonds. The third-order valence-corrected chi connectivity index (χ3v) is 5.00. The molecule has 0 aliphatic heterocycles. The van der Waals surface area contributed by atoms with Crippen LogP contribution in [0, 0.1) is 5.92 Å². The Labute approximate surface area is 140 Å². The maximum Gasteiger partial charge on any atom is 0.234 e. The summed E-state index contributed by atoms with van der Waals surface area (Å²) >= 11 is 12.3. The first-order valence-corrected chi connectivity index (χ1v) is 8.34. The minimum atomic E-state index is -0.577. The second-order valence-electron chi connectivity index (χ2n) is 6.33. The van der Waals surface area contributed by atoms with Gasteiger partial charge in [0.2, 0.25) is 5.91 Å². The second kappa shape index (κ2) is 6.36. The van der Waals surface area contributed by atoms with Gasteiger partial charge in [-0.3, -0.25) is 9.69 Å². The molecular formula is C16H20Cl2N2O2. The van der Waals surface area contributed by atoms with E-state index in [9.17, 15) is 9.90 Å². The van der Waals surface area contributed by atoms with Crippen LogP contribution in [-0.4, -0.2) is 42.2 Å². The van der Waals surface area contributed by atoms with Gasteiger partial charge >= 0.3 is 0 Å². The van der Waals surface area contributed by atoms with Crippen LogP contribution in [0.2, 0.25) is 10.0 Å². The lowest BCUT2D eigenvalue weighted by molar-refractivity contribution is -0.122. The number of halogens is 2. The van der Waals surface area contributed by atoms with Gasteiger partial charge in [-0.05, 0) is 49.1 Å². The number of rotatable bonds is 5. The average Bonchev–Trinajstić information content (AvgIpc) is 3.19. The third-order valence-electron chi connectivity index (χ3n) is 4.44. The van der Waals surface area contributed by atoms with Crippen LogP contribution < -0.4 is 5.32 Å². The standard InChI is InChI=1S/C16H20Cl2N2O2/c1-20(8-15(22)19-7-9-2-3-9)16-12-4-10(17)5-13(18)11(12)6-14(16)21/h4-5,9,14,16,21H,2-3,6-8H2,1H3,(H,19,22)/t14-,16+/m1/s1. The van der Waals surface area contributed by atoms with Crippen LogP contribution in [0.15, 0.2) is 12.1 Å². The van der Waals surface area contributed by atoms with Crippen molar-refractivity contribution in [2.75, 3.05) is 20.1 Å². The van der Waals surface area contributed by atoms with Gasteiger partial charge in [-0.2, -0.15) is 0 Å². The molecule has 1 fully saturated rings. The average molecular weight is 343 g/mol. The van der Waals surface area contributed by atoms with Crippen molar-refractivity contribution in [2.45, 2.75) is 31.4 Å². The Morgan fingerprint density at radius 2 is 2.14 bits per heavy atom. The monoisotopic (exact) mass is 342 g/mol. The number of benzene rings is 1. The molecule has 0 saturated heterocycles. The Balaban J connectivity index is 1.70. The first-order chi connectivity index (χ1) is 10.5. The number of aliphatic hydroxyl groups excluding tert-OH is 1. The summed E-state index contributed by atoms with van der Waals surface area (Å²) in [7, 11) is 1.84. The summed E-state index contributed by atoms with van der Waals surface area (Å²) in [6.07, 6.45) is 2.33. The van der Waals surface area contributed by atoms with E-state index in [-0.39, 0.29) is 18.5 Å². The molecule has 2 aliphatic carbocycles. The van der Waals surface area contributed by atoms with E-state index in [0.29, 0.717) is 22.4 Å². The molecule has 22 heavy (non-hydrogen) atoms. The Bertz CT molecular complexity index is 590. The highest BCUT2D eigenvalue weighted by atomic mass is 35.5. The number of nitrogens with one attached hydrogen (secondary N) is 1. The van der Waals surface area contributed by atoms with Crippen LogP contribution in [0.4, 0.5) is 0 Å². The van der Waals surface area contributed by atoms with Gasteiger partial charge in [-0.1, -0.05) is 23.2 Å². The highest BCUT2D eigenvalue weighted by Crippen LogP contribution is 2.40. The zero-order valence-corrected chi connectivity index (χ0v) is 14.0. The number of nitrogens with zero attached hydrogens (tertiary/aromatic N) is 1. The minimum absolute atomic E-state index is 0.0109. The van der Waals surface area contributed by atoms with E-state index in [4.69, 9.17) is 23.2 Å². The Hall–Kier alpha value is -0.810. The largest absolute Gasteiger partial charge is 0.391 e. The quantitative estimate of drug-likeness (QED) is 0.863. The van der Waals surface area contributed by atoms with E-state index in [2.05, 4.69) is 5.32 Å². The summed E-state index contributed by atoms with van der Waals surface area (Å²) in [5.41, 5.74) is 1.84. The summed E-state index contributed by atoms with van der Waals surface area (Å²) in [6, 6.07) is 3.28. The van der Waals surface area contributed by atoms with Gasteiger partial charge in [0.05, 0.1) is 18.7 Å². The number of carbonyl (C=O) groups is 1. The second-order valence-corrected chi connectivity index (χ2v) is 7.18. The molecule has 0 radical (unpaired) electrons. The van der Waals surface area contributed by atoms with Crippen molar-refractivity contribution in [3.63, 3.8) is 0 Å². The highest BCUT2D eigenvalue weighted by molar-refractivity contribution is 6.35. The third kappa shape index (κ3) is 3.40. The minimum Gasteiger partial charge on any atom is -0.391 e. The molecule has 2 aliphatic rings. The molecule has 1 saturated carbocycles. The molecule has 0 unspecified atom stereocenters. The Morgan fingerprint density at radius 1 is 1.41 bits per heavy atom. The van der Waals surface area contributed by atoms with E-state index in [1.165, 1.54) is 12.8 Å². The zero-order valence-electron chi connectivity index (χ0n) is 12.5. The predicted octanol–water partition coefficient (Wildman–Crippen LogP) is 2.41. The van der Waals surface area contributed by atoms with Crippen molar-refractivity contribution >= 4 is 29.1 Å². The van der Waals surface area contributed by atoms with Crippen molar-refractivity contribution in [3.05, 3.63) is 33.3 Å². The molecule has 1 aromatic rings. The molecule has 120 valence electrons. The molecule has 1 aromatic carbocycles.